The maximum Gasteiger partial charge on any atom is 0.261 e. The molecular formula is C17H15F2NO. The fourth-order valence-electron chi connectivity index (χ4n) is 2.75. The van der Waals surface area contributed by atoms with Gasteiger partial charge >= 0.3 is 0 Å². The number of aryl methyl sites for hydroxylation is 2. The van der Waals surface area contributed by atoms with Gasteiger partial charge in [0.25, 0.3) is 5.91 Å². The summed E-state index contributed by atoms with van der Waals surface area (Å²) in [5.41, 5.74) is 2.96. The van der Waals surface area contributed by atoms with Gasteiger partial charge in [0.15, 0.2) is 0 Å². The van der Waals surface area contributed by atoms with Crippen LogP contribution in [0.3, 0.4) is 0 Å². The second kappa shape index (κ2) is 5.28. The van der Waals surface area contributed by atoms with E-state index in [1.807, 2.05) is 19.1 Å². The van der Waals surface area contributed by atoms with Crippen LogP contribution in [0.5, 0.6) is 0 Å². The number of nitrogens with zero attached hydrogens (tertiary/aromatic N) is 1. The molecule has 0 radical (unpaired) electrons. The zero-order chi connectivity index (χ0) is 15.0. The van der Waals surface area contributed by atoms with Gasteiger partial charge in [0.1, 0.15) is 11.6 Å². The summed E-state index contributed by atoms with van der Waals surface area (Å²) in [5, 5.41) is 0. The molecule has 0 saturated heterocycles. The molecule has 1 amide bonds. The largest absolute Gasteiger partial charge is 0.308 e. The van der Waals surface area contributed by atoms with Crippen LogP contribution in [0.2, 0.25) is 0 Å². The molecule has 0 fully saturated rings. The monoisotopic (exact) mass is 287 g/mol. The average Bonchev–Trinajstić information content (AvgIpc) is 2.45. The molecule has 0 aliphatic carbocycles. The Morgan fingerprint density at radius 1 is 1.14 bits per heavy atom. The van der Waals surface area contributed by atoms with E-state index in [0.29, 0.717) is 6.54 Å². The maximum atomic E-state index is 13.8. The Kier molecular flexibility index (Phi) is 3.45. The summed E-state index contributed by atoms with van der Waals surface area (Å²) in [6, 6.07) is 8.93. The smallest absolute Gasteiger partial charge is 0.261 e. The summed E-state index contributed by atoms with van der Waals surface area (Å²) in [4.78, 5) is 14.1. The summed E-state index contributed by atoms with van der Waals surface area (Å²) in [6.07, 6.45) is 1.75. The lowest BCUT2D eigenvalue weighted by Gasteiger charge is -2.30. The van der Waals surface area contributed by atoms with Crippen LogP contribution in [0.4, 0.5) is 14.5 Å². The third-order valence-electron chi connectivity index (χ3n) is 3.76. The van der Waals surface area contributed by atoms with Crippen molar-refractivity contribution in [3.63, 3.8) is 0 Å². The van der Waals surface area contributed by atoms with Crippen LogP contribution in [0.15, 0.2) is 36.4 Å². The number of carbonyl (C=O) groups is 1. The minimum Gasteiger partial charge on any atom is -0.308 e. The Morgan fingerprint density at radius 3 is 2.71 bits per heavy atom. The molecule has 0 bridgehead atoms. The van der Waals surface area contributed by atoms with E-state index in [2.05, 4.69) is 6.07 Å². The molecular weight excluding hydrogens is 272 g/mol. The molecule has 1 aliphatic heterocycles. The van der Waals surface area contributed by atoms with E-state index in [1.54, 1.807) is 4.90 Å². The molecule has 3 rings (SSSR count). The van der Waals surface area contributed by atoms with E-state index in [9.17, 15) is 13.6 Å². The van der Waals surface area contributed by atoms with Crippen molar-refractivity contribution in [1.29, 1.82) is 0 Å². The zero-order valence-electron chi connectivity index (χ0n) is 11.7. The quantitative estimate of drug-likeness (QED) is 0.779. The molecule has 108 valence electrons. The van der Waals surface area contributed by atoms with Gasteiger partial charge < -0.3 is 4.90 Å². The van der Waals surface area contributed by atoms with E-state index >= 15 is 0 Å². The standard InChI is InChI=1S/C17H15F2NO/c1-11-4-7-16-12(9-11)3-2-8-20(16)17(21)14-6-5-13(18)10-15(14)19/h4-7,9-10H,2-3,8H2,1H3. The van der Waals surface area contributed by atoms with Crippen LogP contribution in [0.25, 0.3) is 0 Å². The first-order valence-electron chi connectivity index (χ1n) is 6.93. The predicted molar refractivity (Wildman–Crippen MR) is 77.5 cm³/mol. The Morgan fingerprint density at radius 2 is 1.95 bits per heavy atom. The van der Waals surface area contributed by atoms with Crippen LogP contribution in [0, 0.1) is 18.6 Å². The highest BCUT2D eigenvalue weighted by Crippen LogP contribution is 2.29. The van der Waals surface area contributed by atoms with Gasteiger partial charge in [-0.2, -0.15) is 0 Å². The maximum absolute atomic E-state index is 13.8. The van der Waals surface area contributed by atoms with Gasteiger partial charge in [-0.15, -0.1) is 0 Å². The van der Waals surface area contributed by atoms with Crippen LogP contribution >= 0.6 is 0 Å². The summed E-state index contributed by atoms with van der Waals surface area (Å²) >= 11 is 0. The molecule has 4 heteroatoms. The van der Waals surface area contributed by atoms with E-state index in [1.165, 1.54) is 6.07 Å². The van der Waals surface area contributed by atoms with Crippen molar-refractivity contribution in [2.75, 3.05) is 11.4 Å². The molecule has 1 heterocycles. The normalized spacial score (nSPS) is 14.0. The molecule has 21 heavy (non-hydrogen) atoms. The molecule has 0 N–H and O–H groups in total. The topological polar surface area (TPSA) is 20.3 Å². The molecule has 2 aromatic carbocycles. The number of halogens is 2. The SMILES string of the molecule is Cc1ccc2c(c1)CCCN2C(=O)c1ccc(F)cc1F. The molecule has 0 spiro atoms. The highest BCUT2D eigenvalue weighted by atomic mass is 19.1. The van der Waals surface area contributed by atoms with Crippen molar-refractivity contribution in [3.05, 3.63) is 64.7 Å². The van der Waals surface area contributed by atoms with Crippen LogP contribution < -0.4 is 4.90 Å². The summed E-state index contributed by atoms with van der Waals surface area (Å²) in [5.74, 6) is -1.92. The van der Waals surface area contributed by atoms with Gasteiger partial charge in [-0.05, 0) is 43.5 Å². The van der Waals surface area contributed by atoms with Gasteiger partial charge in [0.05, 0.1) is 5.56 Å². The Labute approximate surface area is 122 Å². The van der Waals surface area contributed by atoms with Crippen LogP contribution in [0.1, 0.15) is 27.9 Å². The van der Waals surface area contributed by atoms with E-state index in [0.717, 1.165) is 41.8 Å². The van der Waals surface area contributed by atoms with E-state index in [4.69, 9.17) is 0 Å². The van der Waals surface area contributed by atoms with Crippen LogP contribution in [-0.2, 0) is 6.42 Å². The summed E-state index contributed by atoms with van der Waals surface area (Å²) < 4.78 is 26.8. The first kappa shape index (κ1) is 13.7. The number of anilines is 1. The third kappa shape index (κ3) is 2.53. The number of benzene rings is 2. The van der Waals surface area contributed by atoms with Crippen molar-refractivity contribution in [2.24, 2.45) is 0 Å². The van der Waals surface area contributed by atoms with Crippen LogP contribution in [-0.4, -0.2) is 12.5 Å². The van der Waals surface area contributed by atoms with Gasteiger partial charge in [-0.25, -0.2) is 8.78 Å². The highest BCUT2D eigenvalue weighted by molar-refractivity contribution is 6.06. The highest BCUT2D eigenvalue weighted by Gasteiger charge is 2.25. The third-order valence-corrected chi connectivity index (χ3v) is 3.76. The lowest BCUT2D eigenvalue weighted by Crippen LogP contribution is -2.36. The molecule has 0 atom stereocenters. The van der Waals surface area contributed by atoms with Gasteiger partial charge in [-0.1, -0.05) is 17.7 Å². The molecule has 2 aromatic rings. The Bertz CT molecular complexity index is 712. The van der Waals surface area contributed by atoms with Crippen molar-refractivity contribution in [3.8, 4) is 0 Å². The molecule has 0 aromatic heterocycles. The first-order valence-corrected chi connectivity index (χ1v) is 6.93. The first-order chi connectivity index (χ1) is 10.1. The summed E-state index contributed by atoms with van der Waals surface area (Å²) in [6.45, 7) is 2.55. The fourth-order valence-corrected chi connectivity index (χ4v) is 2.75. The minimum absolute atomic E-state index is 0.0928. The summed E-state index contributed by atoms with van der Waals surface area (Å²) in [7, 11) is 0. The van der Waals surface area contributed by atoms with Gasteiger partial charge in [0.2, 0.25) is 0 Å². The number of hydrogen-bond acceptors (Lipinski definition) is 1. The Hall–Kier alpha value is -2.23. The number of rotatable bonds is 1. The fraction of sp³-hybridized carbons (Fsp3) is 0.235. The number of hydrogen-bond donors (Lipinski definition) is 0. The molecule has 0 unspecified atom stereocenters. The minimum atomic E-state index is -0.820. The second-order valence-corrected chi connectivity index (χ2v) is 5.32. The Balaban J connectivity index is 2.00. The van der Waals surface area contributed by atoms with Crippen molar-refractivity contribution >= 4 is 11.6 Å². The molecule has 1 aliphatic rings. The number of fused-ring (bicyclic) bond motifs is 1. The molecule has 0 saturated carbocycles. The number of amides is 1. The zero-order valence-corrected chi connectivity index (χ0v) is 11.7. The van der Waals surface area contributed by atoms with Crippen molar-refractivity contribution in [1.82, 2.24) is 0 Å². The average molecular weight is 287 g/mol. The van der Waals surface area contributed by atoms with Crippen molar-refractivity contribution in [2.45, 2.75) is 19.8 Å². The lowest BCUT2D eigenvalue weighted by atomic mass is 9.98. The van der Waals surface area contributed by atoms with E-state index in [-0.39, 0.29) is 5.56 Å². The van der Waals surface area contributed by atoms with Gasteiger partial charge in [-0.3, -0.25) is 4.79 Å². The predicted octanol–water partition coefficient (Wildman–Crippen LogP) is 3.87. The molecule has 2 nitrogen and oxygen atoms in total. The van der Waals surface area contributed by atoms with Crippen molar-refractivity contribution < 1.29 is 13.6 Å². The lowest BCUT2D eigenvalue weighted by molar-refractivity contribution is 0.0981. The number of carbonyl (C=O) groups excluding carboxylic acids is 1. The van der Waals surface area contributed by atoms with E-state index < -0.39 is 17.5 Å². The van der Waals surface area contributed by atoms with Gasteiger partial charge in [0, 0.05) is 18.3 Å². The second-order valence-electron chi connectivity index (χ2n) is 5.32.